The summed E-state index contributed by atoms with van der Waals surface area (Å²) in [4.78, 5) is 11.2. The van der Waals surface area contributed by atoms with Crippen LogP contribution in [-0.2, 0) is 37.0 Å². The number of rotatable bonds is 8. The molecule has 0 saturated carbocycles. The highest BCUT2D eigenvalue weighted by molar-refractivity contribution is 5.65. The van der Waals surface area contributed by atoms with Crippen molar-refractivity contribution in [2.24, 2.45) is 0 Å². The van der Waals surface area contributed by atoms with Crippen LogP contribution in [0.4, 0.5) is 0 Å². The smallest absolute Gasteiger partial charge is 0.302 e. The summed E-state index contributed by atoms with van der Waals surface area (Å²) in [5.74, 6) is -0.350. The van der Waals surface area contributed by atoms with Crippen molar-refractivity contribution in [3.63, 3.8) is 0 Å². The van der Waals surface area contributed by atoms with Gasteiger partial charge in [-0.05, 0) is 17.2 Å². The standard InChI is InChI=1S/C22H24O5/c1-17(23)25-16-21-22(27-15-19-10-6-3-7-11-19)20(12-13-24-21)26-14-18-8-4-2-5-9-18/h2-13,20-22H,14-16H2,1H3/t20-,21-,22-/m1/s1. The van der Waals surface area contributed by atoms with Crippen molar-refractivity contribution in [3.05, 3.63) is 84.1 Å². The predicted octanol–water partition coefficient (Wildman–Crippen LogP) is 3.63. The van der Waals surface area contributed by atoms with Crippen LogP contribution in [0.2, 0.25) is 0 Å². The molecule has 0 spiro atoms. The molecule has 0 N–H and O–H groups in total. The van der Waals surface area contributed by atoms with Crippen molar-refractivity contribution in [1.82, 2.24) is 0 Å². The van der Waals surface area contributed by atoms with Gasteiger partial charge in [0.15, 0.2) is 6.10 Å². The average molecular weight is 368 g/mol. The molecule has 2 aromatic rings. The van der Waals surface area contributed by atoms with Gasteiger partial charge in [-0.3, -0.25) is 4.79 Å². The molecule has 5 heteroatoms. The monoisotopic (exact) mass is 368 g/mol. The number of hydrogen-bond donors (Lipinski definition) is 0. The van der Waals surface area contributed by atoms with Crippen molar-refractivity contribution in [3.8, 4) is 0 Å². The quantitative estimate of drug-likeness (QED) is 0.666. The van der Waals surface area contributed by atoms with E-state index in [1.807, 2.05) is 66.7 Å². The number of ether oxygens (including phenoxy) is 4. The Bertz CT molecular complexity index is 729. The van der Waals surface area contributed by atoms with Crippen LogP contribution in [0.15, 0.2) is 73.0 Å². The zero-order valence-corrected chi connectivity index (χ0v) is 15.3. The molecule has 5 nitrogen and oxygen atoms in total. The first-order chi connectivity index (χ1) is 13.2. The van der Waals surface area contributed by atoms with Crippen LogP contribution in [0.3, 0.4) is 0 Å². The molecular weight excluding hydrogens is 344 g/mol. The second kappa shape index (κ2) is 9.90. The molecule has 0 fully saturated rings. The van der Waals surface area contributed by atoms with Crippen molar-refractivity contribution in [2.45, 2.75) is 38.4 Å². The highest BCUT2D eigenvalue weighted by Crippen LogP contribution is 2.22. The molecule has 0 amide bonds. The number of carbonyl (C=O) groups is 1. The molecule has 0 bridgehead atoms. The second-order valence-corrected chi connectivity index (χ2v) is 6.33. The third kappa shape index (κ3) is 5.94. The maximum atomic E-state index is 11.2. The Morgan fingerprint density at radius 2 is 1.52 bits per heavy atom. The molecule has 27 heavy (non-hydrogen) atoms. The van der Waals surface area contributed by atoms with Gasteiger partial charge in [0.1, 0.15) is 18.8 Å². The van der Waals surface area contributed by atoms with Crippen LogP contribution in [0.1, 0.15) is 18.1 Å². The normalized spacial score (nSPS) is 21.4. The summed E-state index contributed by atoms with van der Waals surface area (Å²) in [5, 5.41) is 0. The maximum absolute atomic E-state index is 11.2. The zero-order valence-electron chi connectivity index (χ0n) is 15.3. The first-order valence-electron chi connectivity index (χ1n) is 8.99. The highest BCUT2D eigenvalue weighted by Gasteiger charge is 2.34. The number of carbonyl (C=O) groups excluding carboxylic acids is 1. The van der Waals surface area contributed by atoms with E-state index < -0.39 is 12.2 Å². The Labute approximate surface area is 159 Å². The van der Waals surface area contributed by atoms with Crippen LogP contribution in [0.5, 0.6) is 0 Å². The minimum atomic E-state index is -0.427. The SMILES string of the molecule is CC(=O)OC[C@H]1OC=C[C@@H](OCc2ccccc2)[C@H]1OCc1ccccc1. The third-order valence-corrected chi connectivity index (χ3v) is 4.23. The van der Waals surface area contributed by atoms with Gasteiger partial charge in [-0.2, -0.15) is 0 Å². The van der Waals surface area contributed by atoms with Gasteiger partial charge < -0.3 is 18.9 Å². The van der Waals surface area contributed by atoms with Crippen LogP contribution >= 0.6 is 0 Å². The van der Waals surface area contributed by atoms with Crippen LogP contribution in [0, 0.1) is 0 Å². The molecule has 1 heterocycles. The van der Waals surface area contributed by atoms with E-state index in [1.165, 1.54) is 6.92 Å². The molecule has 1 aliphatic rings. The molecule has 3 rings (SSSR count). The Balaban J connectivity index is 1.66. The van der Waals surface area contributed by atoms with Gasteiger partial charge in [0.25, 0.3) is 0 Å². The summed E-state index contributed by atoms with van der Waals surface area (Å²) in [7, 11) is 0. The van der Waals surface area contributed by atoms with Crippen molar-refractivity contribution in [2.75, 3.05) is 6.61 Å². The zero-order chi connectivity index (χ0) is 18.9. The van der Waals surface area contributed by atoms with Crippen LogP contribution in [-0.4, -0.2) is 30.9 Å². The van der Waals surface area contributed by atoms with Crippen LogP contribution in [0.25, 0.3) is 0 Å². The van der Waals surface area contributed by atoms with Gasteiger partial charge >= 0.3 is 5.97 Å². The Hall–Kier alpha value is -2.63. The fourth-order valence-electron chi connectivity index (χ4n) is 2.84. The van der Waals surface area contributed by atoms with Crippen molar-refractivity contribution in [1.29, 1.82) is 0 Å². The Kier molecular flexibility index (Phi) is 7.02. The molecule has 2 aromatic carbocycles. The molecule has 0 unspecified atom stereocenters. The van der Waals surface area contributed by atoms with Gasteiger partial charge in [0.05, 0.1) is 19.5 Å². The second-order valence-electron chi connectivity index (χ2n) is 6.33. The van der Waals surface area contributed by atoms with E-state index in [-0.39, 0.29) is 18.7 Å². The van der Waals surface area contributed by atoms with E-state index in [9.17, 15) is 4.79 Å². The predicted molar refractivity (Wildman–Crippen MR) is 101 cm³/mol. The summed E-state index contributed by atoms with van der Waals surface area (Å²) in [6, 6.07) is 19.9. The fraction of sp³-hybridized carbons (Fsp3) is 0.318. The van der Waals surface area contributed by atoms with E-state index >= 15 is 0 Å². The summed E-state index contributed by atoms with van der Waals surface area (Å²) in [6.07, 6.45) is 2.31. The third-order valence-electron chi connectivity index (χ3n) is 4.23. The van der Waals surface area contributed by atoms with Crippen molar-refractivity contribution >= 4 is 5.97 Å². The van der Waals surface area contributed by atoms with E-state index in [0.717, 1.165) is 11.1 Å². The summed E-state index contributed by atoms with van der Waals surface area (Å²) < 4.78 is 23.0. The van der Waals surface area contributed by atoms with E-state index in [4.69, 9.17) is 18.9 Å². The van der Waals surface area contributed by atoms with Gasteiger partial charge in [-0.1, -0.05) is 60.7 Å². The van der Waals surface area contributed by atoms with E-state index in [2.05, 4.69) is 0 Å². The van der Waals surface area contributed by atoms with Gasteiger partial charge in [0, 0.05) is 6.92 Å². The van der Waals surface area contributed by atoms with Gasteiger partial charge in [-0.25, -0.2) is 0 Å². The maximum Gasteiger partial charge on any atom is 0.302 e. The molecule has 0 radical (unpaired) electrons. The van der Waals surface area contributed by atoms with Crippen molar-refractivity contribution < 1.29 is 23.7 Å². The number of esters is 1. The summed E-state index contributed by atoms with van der Waals surface area (Å²) in [5.41, 5.74) is 2.14. The Morgan fingerprint density at radius 3 is 2.11 bits per heavy atom. The molecule has 0 aliphatic carbocycles. The molecular formula is C22H24O5. The lowest BCUT2D eigenvalue weighted by atomic mass is 10.1. The average Bonchev–Trinajstić information content (AvgIpc) is 2.71. The van der Waals surface area contributed by atoms with Crippen LogP contribution < -0.4 is 0 Å². The molecule has 3 atom stereocenters. The first kappa shape index (κ1) is 19.1. The summed E-state index contributed by atoms with van der Waals surface area (Å²) >= 11 is 0. The van der Waals surface area contributed by atoms with E-state index in [1.54, 1.807) is 6.26 Å². The minimum absolute atomic E-state index is 0.115. The lowest BCUT2D eigenvalue weighted by molar-refractivity contribution is -0.161. The van der Waals surface area contributed by atoms with Gasteiger partial charge in [-0.15, -0.1) is 0 Å². The van der Waals surface area contributed by atoms with Gasteiger partial charge in [0.2, 0.25) is 0 Å². The largest absolute Gasteiger partial charge is 0.492 e. The number of hydrogen-bond acceptors (Lipinski definition) is 5. The first-order valence-corrected chi connectivity index (χ1v) is 8.99. The number of benzene rings is 2. The minimum Gasteiger partial charge on any atom is -0.492 e. The van der Waals surface area contributed by atoms with E-state index in [0.29, 0.717) is 13.2 Å². The lowest BCUT2D eigenvalue weighted by Crippen LogP contribution is -2.46. The fourth-order valence-corrected chi connectivity index (χ4v) is 2.84. The highest BCUT2D eigenvalue weighted by atomic mass is 16.6. The molecule has 0 aromatic heterocycles. The molecule has 142 valence electrons. The Morgan fingerprint density at radius 1 is 0.926 bits per heavy atom. The lowest BCUT2D eigenvalue weighted by Gasteiger charge is -2.34. The summed E-state index contributed by atoms with van der Waals surface area (Å²) in [6.45, 7) is 2.37. The molecule has 0 saturated heterocycles. The molecule has 1 aliphatic heterocycles. The topological polar surface area (TPSA) is 54.0 Å².